The Balaban J connectivity index is 1.81. The molecule has 1 amide bonds. The third kappa shape index (κ3) is 2.55. The molecule has 1 fully saturated rings. The molecule has 1 saturated carbocycles. The van der Waals surface area contributed by atoms with Gasteiger partial charge in [0.15, 0.2) is 5.76 Å². The molecule has 0 radical (unpaired) electrons. The van der Waals surface area contributed by atoms with Gasteiger partial charge in [0.05, 0.1) is 6.26 Å². The largest absolute Gasteiger partial charge is 0.459 e. The Bertz CT molecular complexity index is 569. The maximum absolute atomic E-state index is 12.2. The molecule has 3 heteroatoms. The van der Waals surface area contributed by atoms with E-state index < -0.39 is 0 Å². The minimum Gasteiger partial charge on any atom is -0.459 e. The minimum absolute atomic E-state index is 0.122. The highest BCUT2D eigenvalue weighted by molar-refractivity contribution is 5.98. The Morgan fingerprint density at radius 2 is 2.00 bits per heavy atom. The third-order valence-electron chi connectivity index (χ3n) is 3.64. The highest BCUT2D eigenvalue weighted by Gasteiger charge is 2.30. The lowest BCUT2D eigenvalue weighted by Crippen LogP contribution is -2.34. The van der Waals surface area contributed by atoms with E-state index in [1.165, 1.54) is 12.8 Å². The lowest BCUT2D eigenvalue weighted by molar-refractivity contribution is 0.0908. The number of carbonyl (C=O) groups excluding carboxylic acids is 1. The number of carbonyl (C=O) groups is 1. The average molecular weight is 255 g/mol. The normalized spacial score (nSPS) is 16.1. The van der Waals surface area contributed by atoms with E-state index in [1.54, 1.807) is 6.26 Å². The van der Waals surface area contributed by atoms with Crippen LogP contribution >= 0.6 is 0 Å². The van der Waals surface area contributed by atoms with Crippen molar-refractivity contribution in [2.75, 3.05) is 0 Å². The van der Waals surface area contributed by atoms with Crippen LogP contribution < -0.4 is 5.32 Å². The topological polar surface area (TPSA) is 42.2 Å². The highest BCUT2D eigenvalue weighted by Crippen LogP contribution is 2.32. The summed E-state index contributed by atoms with van der Waals surface area (Å²) in [5, 5.41) is 3.02. The molecule has 0 saturated heterocycles. The molecule has 19 heavy (non-hydrogen) atoms. The Morgan fingerprint density at radius 3 is 2.68 bits per heavy atom. The van der Waals surface area contributed by atoms with E-state index in [4.69, 9.17) is 4.42 Å². The van der Waals surface area contributed by atoms with Gasteiger partial charge in [-0.15, -0.1) is 0 Å². The predicted molar refractivity (Wildman–Crippen MR) is 73.8 cm³/mol. The van der Waals surface area contributed by atoms with Crippen molar-refractivity contribution in [2.45, 2.75) is 25.8 Å². The van der Waals surface area contributed by atoms with Gasteiger partial charge in [-0.05, 0) is 37.3 Å². The predicted octanol–water partition coefficient (Wildman–Crippen LogP) is 3.47. The van der Waals surface area contributed by atoms with Gasteiger partial charge in [0.2, 0.25) is 0 Å². The molecule has 3 rings (SSSR count). The van der Waals surface area contributed by atoms with Gasteiger partial charge in [0.25, 0.3) is 5.91 Å². The summed E-state index contributed by atoms with van der Waals surface area (Å²) >= 11 is 0. The molecular formula is C16H17NO2. The van der Waals surface area contributed by atoms with Crippen molar-refractivity contribution in [1.82, 2.24) is 5.32 Å². The summed E-state index contributed by atoms with van der Waals surface area (Å²) in [6.45, 7) is 2.06. The van der Waals surface area contributed by atoms with Gasteiger partial charge in [0, 0.05) is 11.6 Å². The fourth-order valence-electron chi connectivity index (χ4n) is 2.32. The highest BCUT2D eigenvalue weighted by atomic mass is 16.3. The average Bonchev–Trinajstić information content (AvgIpc) is 3.17. The Morgan fingerprint density at radius 1 is 1.26 bits per heavy atom. The van der Waals surface area contributed by atoms with Crippen molar-refractivity contribution in [3.05, 3.63) is 48.4 Å². The summed E-state index contributed by atoms with van der Waals surface area (Å²) in [5.74, 6) is 0.918. The summed E-state index contributed by atoms with van der Waals surface area (Å²) < 4.78 is 5.37. The van der Waals surface area contributed by atoms with E-state index in [0.717, 1.165) is 11.1 Å². The van der Waals surface area contributed by atoms with Crippen molar-refractivity contribution >= 4 is 5.91 Å². The Kier molecular flexibility index (Phi) is 3.11. The molecule has 98 valence electrons. The standard InChI is InChI=1S/C16H17NO2/c1-11(12-7-8-12)17-16(18)15-14(9-10-19-15)13-5-3-2-4-6-13/h2-6,9-12H,7-8H2,1H3,(H,17,18)/t11-/m0/s1. The first-order chi connectivity index (χ1) is 9.25. The first kappa shape index (κ1) is 12.0. The Labute approximate surface area is 112 Å². The number of amides is 1. The first-order valence-corrected chi connectivity index (χ1v) is 6.69. The zero-order valence-electron chi connectivity index (χ0n) is 10.9. The van der Waals surface area contributed by atoms with Gasteiger partial charge < -0.3 is 9.73 Å². The quantitative estimate of drug-likeness (QED) is 0.908. The zero-order chi connectivity index (χ0) is 13.2. The van der Waals surface area contributed by atoms with Crippen LogP contribution in [0.5, 0.6) is 0 Å². The summed E-state index contributed by atoms with van der Waals surface area (Å²) in [6, 6.07) is 11.9. The lowest BCUT2D eigenvalue weighted by atomic mass is 10.1. The smallest absolute Gasteiger partial charge is 0.287 e. The number of benzene rings is 1. The third-order valence-corrected chi connectivity index (χ3v) is 3.64. The van der Waals surface area contributed by atoms with Gasteiger partial charge in [0.1, 0.15) is 0 Å². The van der Waals surface area contributed by atoms with E-state index in [2.05, 4.69) is 12.2 Å². The van der Waals surface area contributed by atoms with Crippen LogP contribution in [0, 0.1) is 5.92 Å². The van der Waals surface area contributed by atoms with Crippen molar-refractivity contribution in [3.63, 3.8) is 0 Å². The van der Waals surface area contributed by atoms with E-state index in [-0.39, 0.29) is 11.9 Å². The van der Waals surface area contributed by atoms with Crippen LogP contribution in [0.15, 0.2) is 47.1 Å². The summed E-state index contributed by atoms with van der Waals surface area (Å²) in [5.41, 5.74) is 1.85. The number of furan rings is 1. The van der Waals surface area contributed by atoms with Gasteiger partial charge in [-0.25, -0.2) is 0 Å². The van der Waals surface area contributed by atoms with Gasteiger partial charge >= 0.3 is 0 Å². The Hall–Kier alpha value is -2.03. The SMILES string of the molecule is C[C@H](NC(=O)c1occc1-c1ccccc1)C1CC1. The maximum Gasteiger partial charge on any atom is 0.287 e. The van der Waals surface area contributed by atoms with Crippen LogP contribution in [0.1, 0.15) is 30.3 Å². The summed E-state index contributed by atoms with van der Waals surface area (Å²) in [4.78, 5) is 12.2. The molecule has 1 aliphatic carbocycles. The van der Waals surface area contributed by atoms with E-state index in [0.29, 0.717) is 11.7 Å². The van der Waals surface area contributed by atoms with Crippen molar-refractivity contribution in [2.24, 2.45) is 5.92 Å². The van der Waals surface area contributed by atoms with Crippen LogP contribution in [0.3, 0.4) is 0 Å². The van der Waals surface area contributed by atoms with Gasteiger partial charge in [-0.3, -0.25) is 4.79 Å². The molecular weight excluding hydrogens is 238 g/mol. The van der Waals surface area contributed by atoms with E-state index in [9.17, 15) is 4.79 Å². The second-order valence-corrected chi connectivity index (χ2v) is 5.13. The van der Waals surface area contributed by atoms with Crippen LogP contribution in [0.25, 0.3) is 11.1 Å². The molecule has 0 aliphatic heterocycles. The second kappa shape index (κ2) is 4.92. The van der Waals surface area contributed by atoms with Crippen LogP contribution in [0.4, 0.5) is 0 Å². The lowest BCUT2D eigenvalue weighted by Gasteiger charge is -2.12. The minimum atomic E-state index is -0.122. The fourth-order valence-corrected chi connectivity index (χ4v) is 2.32. The monoisotopic (exact) mass is 255 g/mol. The zero-order valence-corrected chi connectivity index (χ0v) is 10.9. The second-order valence-electron chi connectivity index (χ2n) is 5.13. The molecule has 1 aliphatic rings. The summed E-state index contributed by atoms with van der Waals surface area (Å²) in [6.07, 6.45) is 4.00. The van der Waals surface area contributed by atoms with Crippen molar-refractivity contribution in [3.8, 4) is 11.1 Å². The fraction of sp³-hybridized carbons (Fsp3) is 0.312. The molecule has 2 aromatic rings. The molecule has 1 heterocycles. The van der Waals surface area contributed by atoms with Gasteiger partial charge in [-0.2, -0.15) is 0 Å². The molecule has 1 atom stereocenters. The number of hydrogen-bond donors (Lipinski definition) is 1. The molecule has 1 N–H and O–H groups in total. The first-order valence-electron chi connectivity index (χ1n) is 6.69. The van der Waals surface area contributed by atoms with E-state index in [1.807, 2.05) is 36.4 Å². The molecule has 3 nitrogen and oxygen atoms in total. The maximum atomic E-state index is 12.2. The van der Waals surface area contributed by atoms with Crippen molar-refractivity contribution < 1.29 is 9.21 Å². The molecule has 0 bridgehead atoms. The van der Waals surface area contributed by atoms with Crippen LogP contribution in [0.2, 0.25) is 0 Å². The van der Waals surface area contributed by atoms with Gasteiger partial charge in [-0.1, -0.05) is 30.3 Å². The van der Waals surface area contributed by atoms with Crippen molar-refractivity contribution in [1.29, 1.82) is 0 Å². The van der Waals surface area contributed by atoms with Crippen LogP contribution in [-0.4, -0.2) is 11.9 Å². The number of nitrogens with one attached hydrogen (secondary N) is 1. The summed E-state index contributed by atoms with van der Waals surface area (Å²) in [7, 11) is 0. The molecule has 0 spiro atoms. The molecule has 1 aromatic carbocycles. The number of rotatable bonds is 4. The van der Waals surface area contributed by atoms with E-state index >= 15 is 0 Å². The molecule has 1 aromatic heterocycles. The van der Waals surface area contributed by atoms with Crippen LogP contribution in [-0.2, 0) is 0 Å². The number of hydrogen-bond acceptors (Lipinski definition) is 2. The molecule has 0 unspecified atom stereocenters.